The van der Waals surface area contributed by atoms with Crippen LogP contribution in [-0.4, -0.2) is 26.3 Å². The van der Waals surface area contributed by atoms with Crippen molar-refractivity contribution in [3.8, 4) is 11.5 Å². The Balaban J connectivity index is 1.95. The van der Waals surface area contributed by atoms with Gasteiger partial charge in [-0.05, 0) is 37.2 Å². The highest BCUT2D eigenvalue weighted by Gasteiger charge is 2.09. The average Bonchev–Trinajstić information content (AvgIpc) is 2.63. The van der Waals surface area contributed by atoms with E-state index in [-0.39, 0.29) is 0 Å². The molecule has 0 radical (unpaired) electrons. The topological polar surface area (TPSA) is 30.5 Å². The highest BCUT2D eigenvalue weighted by Crippen LogP contribution is 2.30. The van der Waals surface area contributed by atoms with Crippen LogP contribution in [0, 0.1) is 0 Å². The summed E-state index contributed by atoms with van der Waals surface area (Å²) in [6.45, 7) is 5.65. The summed E-state index contributed by atoms with van der Waals surface area (Å²) < 4.78 is 11.3. The molecule has 0 aromatic heterocycles. The monoisotopic (exact) mass is 247 g/mol. The zero-order valence-corrected chi connectivity index (χ0v) is 10.9. The van der Waals surface area contributed by atoms with Crippen molar-refractivity contribution in [2.75, 3.05) is 26.3 Å². The molecule has 0 atom stereocenters. The van der Waals surface area contributed by atoms with Gasteiger partial charge in [0.2, 0.25) is 0 Å². The predicted octanol–water partition coefficient (Wildman–Crippen LogP) is 2.86. The maximum absolute atomic E-state index is 5.66. The van der Waals surface area contributed by atoms with Gasteiger partial charge in [-0.1, -0.05) is 25.1 Å². The quantitative estimate of drug-likeness (QED) is 0.812. The van der Waals surface area contributed by atoms with Crippen LogP contribution in [0.2, 0.25) is 0 Å². The van der Waals surface area contributed by atoms with Gasteiger partial charge >= 0.3 is 0 Å². The Bertz CT molecular complexity index is 401. The van der Waals surface area contributed by atoms with Gasteiger partial charge in [-0.2, -0.15) is 0 Å². The molecule has 0 unspecified atom stereocenters. The van der Waals surface area contributed by atoms with Crippen molar-refractivity contribution in [1.29, 1.82) is 0 Å². The van der Waals surface area contributed by atoms with Crippen LogP contribution >= 0.6 is 0 Å². The third kappa shape index (κ3) is 3.77. The molecule has 3 heteroatoms. The first-order valence-electron chi connectivity index (χ1n) is 6.67. The van der Waals surface area contributed by atoms with Gasteiger partial charge in [0.15, 0.2) is 11.5 Å². The molecule has 0 saturated carbocycles. The number of ether oxygens (including phenoxy) is 2. The number of rotatable bonds is 5. The molecule has 3 nitrogen and oxygen atoms in total. The predicted molar refractivity (Wildman–Crippen MR) is 74.2 cm³/mol. The van der Waals surface area contributed by atoms with Crippen LogP contribution in [-0.2, 0) is 0 Å². The Morgan fingerprint density at radius 1 is 1.22 bits per heavy atom. The molecule has 0 spiro atoms. The molecule has 0 bridgehead atoms. The fraction of sp³-hybridized carbons (Fsp3) is 0.467. The summed E-state index contributed by atoms with van der Waals surface area (Å²) >= 11 is 0. The van der Waals surface area contributed by atoms with Crippen molar-refractivity contribution in [2.45, 2.75) is 19.8 Å². The Kier molecular flexibility index (Phi) is 5.09. The van der Waals surface area contributed by atoms with Crippen LogP contribution in [0.1, 0.15) is 25.3 Å². The Morgan fingerprint density at radius 3 is 2.89 bits per heavy atom. The number of hydrogen-bond donors (Lipinski definition) is 1. The molecule has 0 saturated heterocycles. The third-order valence-electron chi connectivity index (χ3n) is 2.82. The lowest BCUT2D eigenvalue weighted by Gasteiger charge is -2.07. The van der Waals surface area contributed by atoms with Crippen LogP contribution in [0.3, 0.4) is 0 Å². The van der Waals surface area contributed by atoms with Crippen LogP contribution < -0.4 is 14.8 Å². The summed E-state index contributed by atoms with van der Waals surface area (Å²) in [5.41, 5.74) is 1.16. The molecule has 2 rings (SSSR count). The summed E-state index contributed by atoms with van der Waals surface area (Å²) in [4.78, 5) is 0. The normalized spacial score (nSPS) is 14.7. The maximum atomic E-state index is 5.66. The van der Waals surface area contributed by atoms with E-state index in [1.165, 1.54) is 0 Å². The Hall–Kier alpha value is -1.48. The van der Waals surface area contributed by atoms with E-state index in [9.17, 15) is 0 Å². The fourth-order valence-electron chi connectivity index (χ4n) is 1.87. The summed E-state index contributed by atoms with van der Waals surface area (Å²) in [6.07, 6.45) is 6.30. The molecule has 1 N–H and O–H groups in total. The smallest absolute Gasteiger partial charge is 0.161 e. The first kappa shape index (κ1) is 13.0. The van der Waals surface area contributed by atoms with Crippen molar-refractivity contribution >= 4 is 6.08 Å². The van der Waals surface area contributed by atoms with Gasteiger partial charge in [-0.3, -0.25) is 0 Å². The molecule has 0 aliphatic carbocycles. The molecular weight excluding hydrogens is 226 g/mol. The molecule has 1 aromatic carbocycles. The minimum Gasteiger partial charge on any atom is -0.490 e. The van der Waals surface area contributed by atoms with Crippen molar-refractivity contribution in [3.63, 3.8) is 0 Å². The standard InChI is InChI=1S/C15H21NO2/c1-2-16-9-4-3-6-13-7-8-14-15(12-13)18-11-5-10-17-14/h3,6-8,12,16H,2,4-5,9-11H2,1H3. The van der Waals surface area contributed by atoms with Crippen LogP contribution in [0.4, 0.5) is 0 Å². The first-order valence-corrected chi connectivity index (χ1v) is 6.67. The molecule has 0 amide bonds. The second-order valence-electron chi connectivity index (χ2n) is 4.30. The molecule has 1 aromatic rings. The van der Waals surface area contributed by atoms with Crippen molar-refractivity contribution in [3.05, 3.63) is 29.8 Å². The van der Waals surface area contributed by atoms with Crippen molar-refractivity contribution < 1.29 is 9.47 Å². The Morgan fingerprint density at radius 2 is 2.06 bits per heavy atom. The van der Waals surface area contributed by atoms with Gasteiger partial charge in [0.1, 0.15) is 0 Å². The van der Waals surface area contributed by atoms with E-state index >= 15 is 0 Å². The van der Waals surface area contributed by atoms with Crippen LogP contribution in [0.25, 0.3) is 6.08 Å². The highest BCUT2D eigenvalue weighted by atomic mass is 16.5. The van der Waals surface area contributed by atoms with Crippen LogP contribution in [0.5, 0.6) is 11.5 Å². The van der Waals surface area contributed by atoms with Gasteiger partial charge in [-0.15, -0.1) is 0 Å². The van der Waals surface area contributed by atoms with E-state index in [1.807, 2.05) is 12.1 Å². The van der Waals surface area contributed by atoms with Gasteiger partial charge in [-0.25, -0.2) is 0 Å². The number of fused-ring (bicyclic) bond motifs is 1. The van der Waals surface area contributed by atoms with Crippen molar-refractivity contribution in [1.82, 2.24) is 5.32 Å². The maximum Gasteiger partial charge on any atom is 0.161 e. The highest BCUT2D eigenvalue weighted by molar-refractivity contribution is 5.56. The molecule has 1 aliphatic rings. The van der Waals surface area contributed by atoms with Gasteiger partial charge in [0.25, 0.3) is 0 Å². The van der Waals surface area contributed by atoms with E-state index in [2.05, 4.69) is 30.5 Å². The minimum atomic E-state index is 0.737. The summed E-state index contributed by atoms with van der Waals surface area (Å²) in [5, 5.41) is 3.30. The summed E-state index contributed by atoms with van der Waals surface area (Å²) in [7, 11) is 0. The lowest BCUT2D eigenvalue weighted by atomic mass is 10.1. The minimum absolute atomic E-state index is 0.737. The van der Waals surface area contributed by atoms with Crippen molar-refractivity contribution in [2.24, 2.45) is 0 Å². The SMILES string of the molecule is CCNCCC=Cc1ccc2c(c1)OCCCO2. The van der Waals surface area contributed by atoms with E-state index in [0.717, 1.165) is 56.2 Å². The van der Waals surface area contributed by atoms with Gasteiger partial charge in [0, 0.05) is 6.42 Å². The third-order valence-corrected chi connectivity index (χ3v) is 2.82. The summed E-state index contributed by atoms with van der Waals surface area (Å²) in [5.74, 6) is 1.72. The number of hydrogen-bond acceptors (Lipinski definition) is 3. The zero-order valence-electron chi connectivity index (χ0n) is 10.9. The zero-order chi connectivity index (χ0) is 12.6. The van der Waals surface area contributed by atoms with E-state index in [4.69, 9.17) is 9.47 Å². The summed E-state index contributed by atoms with van der Waals surface area (Å²) in [6, 6.07) is 6.10. The second-order valence-corrected chi connectivity index (χ2v) is 4.30. The largest absolute Gasteiger partial charge is 0.490 e. The Labute approximate surface area is 109 Å². The van der Waals surface area contributed by atoms with E-state index < -0.39 is 0 Å². The molecule has 98 valence electrons. The van der Waals surface area contributed by atoms with Gasteiger partial charge in [0.05, 0.1) is 13.2 Å². The molecule has 0 fully saturated rings. The molecule has 1 aliphatic heterocycles. The second kappa shape index (κ2) is 7.07. The van der Waals surface area contributed by atoms with Crippen LogP contribution in [0.15, 0.2) is 24.3 Å². The first-order chi connectivity index (χ1) is 8.90. The lowest BCUT2D eigenvalue weighted by Crippen LogP contribution is -2.12. The van der Waals surface area contributed by atoms with Gasteiger partial charge < -0.3 is 14.8 Å². The number of benzene rings is 1. The number of nitrogens with one attached hydrogen (secondary N) is 1. The fourth-order valence-corrected chi connectivity index (χ4v) is 1.87. The lowest BCUT2D eigenvalue weighted by molar-refractivity contribution is 0.297. The van der Waals surface area contributed by atoms with E-state index in [0.29, 0.717) is 0 Å². The van der Waals surface area contributed by atoms with E-state index in [1.54, 1.807) is 0 Å². The molecular formula is C15H21NO2. The average molecular weight is 247 g/mol. The molecule has 18 heavy (non-hydrogen) atoms. The molecule has 1 heterocycles.